The zero-order chi connectivity index (χ0) is 32.1. The lowest BCUT2D eigenvalue weighted by Gasteiger charge is -2.23. The van der Waals surface area contributed by atoms with Crippen LogP contribution in [-0.4, -0.2) is 23.5 Å². The molecule has 226 valence electrons. The van der Waals surface area contributed by atoms with E-state index in [9.17, 15) is 9.59 Å². The number of hydrogen-bond acceptors (Lipinski definition) is 4. The smallest absolute Gasteiger partial charge is 0.256 e. The average Bonchev–Trinajstić information content (AvgIpc) is 2.98. The normalized spacial score (nSPS) is 12.5. The number of nitrogens with zero attached hydrogens (tertiary/aromatic N) is 2. The second-order valence-electron chi connectivity index (χ2n) is 13.1. The Morgan fingerprint density at radius 1 is 0.523 bits per heavy atom. The molecule has 0 fully saturated rings. The molecule has 0 aliphatic carbocycles. The third kappa shape index (κ3) is 8.16. The molecule has 2 amide bonds. The number of carbonyl (C=O) groups is 2. The van der Waals surface area contributed by atoms with Gasteiger partial charge in [-0.3, -0.25) is 9.59 Å². The van der Waals surface area contributed by atoms with Crippen LogP contribution in [-0.2, 0) is 0 Å². The first kappa shape index (κ1) is 32.1. The van der Waals surface area contributed by atoms with Crippen molar-refractivity contribution in [2.45, 2.75) is 55.4 Å². The number of rotatable bonds is 5. The van der Waals surface area contributed by atoms with Gasteiger partial charge in [0.1, 0.15) is 11.7 Å². The monoisotopic (exact) mass is 586 g/mol. The number of amides is 2. The van der Waals surface area contributed by atoms with Gasteiger partial charge in [0.05, 0.1) is 11.4 Å². The molecule has 6 heteroatoms. The molecule has 0 heterocycles. The Bertz CT molecular complexity index is 1580. The number of amidine groups is 2. The predicted molar refractivity (Wildman–Crippen MR) is 182 cm³/mol. The minimum absolute atomic E-state index is 0.180. The number of hydrogen-bond donors (Lipinski definition) is 2. The van der Waals surface area contributed by atoms with Gasteiger partial charge in [0.2, 0.25) is 0 Å². The maximum atomic E-state index is 12.9. The van der Waals surface area contributed by atoms with Gasteiger partial charge in [-0.15, -0.1) is 0 Å². The Hall–Kier alpha value is -4.84. The first-order chi connectivity index (χ1) is 20.7. The molecular weight excluding hydrogens is 544 g/mol. The molecule has 4 rings (SSSR count). The molecule has 44 heavy (non-hydrogen) atoms. The highest BCUT2D eigenvalue weighted by atomic mass is 16.2. The quantitative estimate of drug-likeness (QED) is 0.181. The summed E-state index contributed by atoms with van der Waals surface area (Å²) in [7, 11) is 0. The van der Waals surface area contributed by atoms with E-state index in [1.807, 2.05) is 116 Å². The zero-order valence-corrected chi connectivity index (χ0v) is 26.9. The maximum absolute atomic E-state index is 12.9. The van der Waals surface area contributed by atoms with E-state index in [-0.39, 0.29) is 22.6 Å². The van der Waals surface area contributed by atoms with Gasteiger partial charge in [0, 0.05) is 22.0 Å². The molecule has 0 aliphatic heterocycles. The van der Waals surface area contributed by atoms with Crippen LogP contribution < -0.4 is 10.6 Å². The maximum Gasteiger partial charge on any atom is 0.256 e. The summed E-state index contributed by atoms with van der Waals surface area (Å²) in [6.07, 6.45) is 0. The Morgan fingerprint density at radius 3 is 1.16 bits per heavy atom. The summed E-state index contributed by atoms with van der Waals surface area (Å²) >= 11 is 0. The van der Waals surface area contributed by atoms with E-state index in [1.54, 1.807) is 24.3 Å². The van der Waals surface area contributed by atoms with Gasteiger partial charge in [-0.05, 0) is 84.6 Å². The first-order valence-electron chi connectivity index (χ1n) is 14.9. The minimum Gasteiger partial charge on any atom is -0.310 e. The summed E-state index contributed by atoms with van der Waals surface area (Å²) in [5.74, 6) is 0.852. The van der Waals surface area contributed by atoms with Crippen LogP contribution in [0.15, 0.2) is 107 Å². The summed E-state index contributed by atoms with van der Waals surface area (Å²) in [6.45, 7) is 16.3. The van der Waals surface area contributed by atoms with Gasteiger partial charge in [0.15, 0.2) is 0 Å². The highest BCUT2D eigenvalue weighted by Gasteiger charge is 2.24. The highest BCUT2D eigenvalue weighted by Crippen LogP contribution is 2.32. The SMILES string of the molecule is Cc1cc(-c2ccc(N=C(NC(=O)c3ccccc3)C(C)(C)C)c(C)c2)ccc1N=C(NC(=O)c1ccccc1)C(C)(C)C. The molecule has 0 aliphatic rings. The molecule has 0 atom stereocenters. The van der Waals surface area contributed by atoms with Gasteiger partial charge in [-0.25, -0.2) is 9.98 Å². The molecule has 2 N–H and O–H groups in total. The van der Waals surface area contributed by atoms with Crippen molar-refractivity contribution in [1.29, 1.82) is 0 Å². The molecule has 4 aromatic carbocycles. The third-order valence-electron chi connectivity index (χ3n) is 7.15. The van der Waals surface area contributed by atoms with Crippen molar-refractivity contribution in [1.82, 2.24) is 10.6 Å². The zero-order valence-electron chi connectivity index (χ0n) is 26.9. The molecule has 0 saturated carbocycles. The lowest BCUT2D eigenvalue weighted by molar-refractivity contribution is 0.0965. The lowest BCUT2D eigenvalue weighted by atomic mass is 9.94. The van der Waals surface area contributed by atoms with Crippen LogP contribution in [0.2, 0.25) is 0 Å². The summed E-state index contributed by atoms with van der Waals surface area (Å²) < 4.78 is 0. The Labute approximate surface area is 261 Å². The summed E-state index contributed by atoms with van der Waals surface area (Å²) in [6, 6.07) is 30.6. The van der Waals surface area contributed by atoms with E-state index in [2.05, 4.69) is 22.8 Å². The summed E-state index contributed by atoms with van der Waals surface area (Å²) in [5.41, 5.74) is 6.15. The molecule has 0 aromatic heterocycles. The van der Waals surface area contributed by atoms with Crippen molar-refractivity contribution in [3.63, 3.8) is 0 Å². The van der Waals surface area contributed by atoms with E-state index in [4.69, 9.17) is 9.98 Å². The number of aryl methyl sites for hydroxylation is 2. The van der Waals surface area contributed by atoms with Crippen LogP contribution >= 0.6 is 0 Å². The van der Waals surface area contributed by atoms with Gasteiger partial charge >= 0.3 is 0 Å². The van der Waals surface area contributed by atoms with Crippen LogP contribution in [0.1, 0.15) is 73.4 Å². The predicted octanol–water partition coefficient (Wildman–Crippen LogP) is 8.98. The van der Waals surface area contributed by atoms with Gasteiger partial charge < -0.3 is 10.6 Å². The fraction of sp³-hybridized carbons (Fsp3) is 0.263. The fourth-order valence-electron chi connectivity index (χ4n) is 4.47. The van der Waals surface area contributed by atoms with E-state index in [1.165, 1.54) is 0 Å². The van der Waals surface area contributed by atoms with Crippen molar-refractivity contribution in [2.75, 3.05) is 0 Å². The topological polar surface area (TPSA) is 82.9 Å². The van der Waals surface area contributed by atoms with E-state index in [0.717, 1.165) is 33.6 Å². The number of carbonyl (C=O) groups excluding carboxylic acids is 2. The highest BCUT2D eigenvalue weighted by molar-refractivity contribution is 6.09. The molecule has 0 radical (unpaired) electrons. The largest absolute Gasteiger partial charge is 0.310 e. The number of nitrogens with one attached hydrogen (secondary N) is 2. The second-order valence-corrected chi connectivity index (χ2v) is 13.1. The number of aliphatic imine (C=N–C) groups is 2. The molecule has 0 bridgehead atoms. The van der Waals surface area contributed by atoms with Gasteiger partial charge in [0.25, 0.3) is 11.8 Å². The molecule has 0 unspecified atom stereocenters. The van der Waals surface area contributed by atoms with Crippen molar-refractivity contribution in [2.24, 2.45) is 20.8 Å². The Morgan fingerprint density at radius 2 is 0.864 bits per heavy atom. The van der Waals surface area contributed by atoms with Crippen LogP contribution in [0.25, 0.3) is 11.1 Å². The Balaban J connectivity index is 1.59. The van der Waals surface area contributed by atoms with Crippen LogP contribution in [0.5, 0.6) is 0 Å². The summed E-state index contributed by atoms with van der Waals surface area (Å²) in [4.78, 5) is 35.6. The van der Waals surface area contributed by atoms with Crippen molar-refractivity contribution < 1.29 is 9.59 Å². The van der Waals surface area contributed by atoms with Gasteiger partial charge in [-0.1, -0.05) is 90.1 Å². The van der Waals surface area contributed by atoms with E-state index >= 15 is 0 Å². The summed E-state index contributed by atoms with van der Waals surface area (Å²) in [5, 5.41) is 6.06. The van der Waals surface area contributed by atoms with Crippen molar-refractivity contribution in [3.05, 3.63) is 119 Å². The lowest BCUT2D eigenvalue weighted by Crippen LogP contribution is -2.39. The average molecular weight is 587 g/mol. The van der Waals surface area contributed by atoms with Gasteiger partial charge in [-0.2, -0.15) is 0 Å². The molecule has 6 nitrogen and oxygen atoms in total. The van der Waals surface area contributed by atoms with Crippen molar-refractivity contribution in [3.8, 4) is 11.1 Å². The van der Waals surface area contributed by atoms with Crippen LogP contribution in [0.4, 0.5) is 11.4 Å². The second kappa shape index (κ2) is 13.2. The molecule has 4 aromatic rings. The van der Waals surface area contributed by atoms with Crippen molar-refractivity contribution >= 4 is 34.9 Å². The number of benzene rings is 4. The van der Waals surface area contributed by atoms with Crippen LogP contribution in [0.3, 0.4) is 0 Å². The van der Waals surface area contributed by atoms with Crippen LogP contribution in [0, 0.1) is 24.7 Å². The fourth-order valence-corrected chi connectivity index (χ4v) is 4.47. The molecular formula is C38H42N4O2. The minimum atomic E-state index is -0.366. The van der Waals surface area contributed by atoms with E-state index in [0.29, 0.717) is 22.8 Å². The Kier molecular flexibility index (Phi) is 9.63. The molecule has 0 saturated heterocycles. The molecule has 0 spiro atoms. The third-order valence-corrected chi connectivity index (χ3v) is 7.15. The standard InChI is InChI=1S/C38H42N4O2/c1-25-23-29(19-21-31(25)39-35(37(3,4)5)41-33(43)27-15-11-9-12-16-27)30-20-22-32(26(2)24-30)40-36(38(6,7)8)42-34(44)28-17-13-10-14-18-28/h9-24H,1-8H3,(H,39,41,43)(H,40,42,44). The first-order valence-corrected chi connectivity index (χ1v) is 14.9. The van der Waals surface area contributed by atoms with E-state index < -0.39 is 0 Å².